The molecule has 0 saturated carbocycles. The van der Waals surface area contributed by atoms with Crippen LogP contribution in [0.5, 0.6) is 0 Å². The topological polar surface area (TPSA) is 55.5 Å². The van der Waals surface area contributed by atoms with Crippen molar-refractivity contribution in [1.82, 2.24) is 19.6 Å². The molecule has 19 heavy (non-hydrogen) atoms. The Balaban J connectivity index is 2.12. The molecule has 0 spiro atoms. The minimum absolute atomic E-state index is 0.190. The first-order valence-electron chi connectivity index (χ1n) is 6.30. The summed E-state index contributed by atoms with van der Waals surface area (Å²) in [6, 6.07) is 0.310. The lowest BCUT2D eigenvalue weighted by atomic mass is 10.1. The second-order valence-electron chi connectivity index (χ2n) is 4.87. The summed E-state index contributed by atoms with van der Waals surface area (Å²) in [7, 11) is 2.04. The van der Waals surface area contributed by atoms with Gasteiger partial charge in [-0.2, -0.15) is 19.6 Å². The molecule has 3 rings (SSSR count). The van der Waals surface area contributed by atoms with Crippen LogP contribution in [0.1, 0.15) is 18.9 Å². The van der Waals surface area contributed by atoms with E-state index >= 15 is 0 Å². The van der Waals surface area contributed by atoms with Crippen LogP contribution in [-0.4, -0.2) is 45.4 Å². The van der Waals surface area contributed by atoms with Gasteiger partial charge in [0.05, 0.1) is 12.1 Å². The fourth-order valence-corrected chi connectivity index (χ4v) is 2.84. The van der Waals surface area contributed by atoms with E-state index in [0.717, 1.165) is 24.4 Å². The van der Waals surface area contributed by atoms with Crippen molar-refractivity contribution in [2.75, 3.05) is 18.6 Å². The molecule has 2 aromatic rings. The molecule has 0 N–H and O–H groups in total. The minimum atomic E-state index is 0.190. The highest BCUT2D eigenvalue weighted by Crippen LogP contribution is 2.29. The molecule has 2 aromatic heterocycles. The van der Waals surface area contributed by atoms with Gasteiger partial charge in [0.1, 0.15) is 17.3 Å². The van der Waals surface area contributed by atoms with Crippen molar-refractivity contribution < 1.29 is 4.74 Å². The molecule has 0 bridgehead atoms. The van der Waals surface area contributed by atoms with Crippen LogP contribution < -0.4 is 4.90 Å². The monoisotopic (exact) mass is 281 g/mol. The van der Waals surface area contributed by atoms with Crippen molar-refractivity contribution in [1.29, 1.82) is 0 Å². The van der Waals surface area contributed by atoms with E-state index < -0.39 is 0 Å². The maximum atomic E-state index is 6.19. The van der Waals surface area contributed by atoms with Gasteiger partial charge in [-0.25, -0.2) is 0 Å². The van der Waals surface area contributed by atoms with Crippen molar-refractivity contribution in [3.05, 3.63) is 17.0 Å². The van der Waals surface area contributed by atoms with Crippen LogP contribution in [0.15, 0.2) is 6.33 Å². The number of nitrogens with zero attached hydrogens (tertiary/aromatic N) is 5. The third kappa shape index (κ3) is 1.95. The molecule has 3 heterocycles. The van der Waals surface area contributed by atoms with Gasteiger partial charge in [0.25, 0.3) is 5.78 Å². The number of ether oxygens (including phenoxy) is 1. The number of hydrogen-bond donors (Lipinski definition) is 0. The summed E-state index contributed by atoms with van der Waals surface area (Å²) >= 11 is 6.19. The SMILES string of the molecule is Cc1c(Cl)nc2ncnn2c1N(C)C1CCOC1C. The van der Waals surface area contributed by atoms with Crippen LogP contribution in [0.4, 0.5) is 5.82 Å². The molecule has 1 fully saturated rings. The number of likely N-dealkylation sites (N-methyl/N-ethyl adjacent to an activating group) is 1. The van der Waals surface area contributed by atoms with Crippen LogP contribution in [-0.2, 0) is 4.74 Å². The summed E-state index contributed by atoms with van der Waals surface area (Å²) in [6.45, 7) is 4.82. The van der Waals surface area contributed by atoms with Gasteiger partial charge in [-0.1, -0.05) is 11.6 Å². The van der Waals surface area contributed by atoms with Crippen molar-refractivity contribution in [2.24, 2.45) is 0 Å². The molecule has 1 aliphatic rings. The summed E-state index contributed by atoms with van der Waals surface area (Å²) in [5.41, 5.74) is 0.904. The van der Waals surface area contributed by atoms with Gasteiger partial charge >= 0.3 is 0 Å². The molecule has 0 aromatic carbocycles. The standard InChI is InChI=1S/C12H16ClN5O/c1-7-10(13)16-12-14-6-15-18(12)11(7)17(3)9-4-5-19-8(9)2/h6,8-9H,4-5H2,1-3H3. The van der Waals surface area contributed by atoms with Gasteiger partial charge in [0, 0.05) is 19.2 Å². The predicted octanol–water partition coefficient (Wildman–Crippen LogP) is 1.70. The molecule has 7 heteroatoms. The zero-order valence-corrected chi connectivity index (χ0v) is 11.9. The van der Waals surface area contributed by atoms with Gasteiger partial charge < -0.3 is 9.64 Å². The number of hydrogen-bond acceptors (Lipinski definition) is 5. The van der Waals surface area contributed by atoms with E-state index in [9.17, 15) is 0 Å². The second-order valence-corrected chi connectivity index (χ2v) is 5.22. The molecule has 0 aliphatic carbocycles. The van der Waals surface area contributed by atoms with Crippen LogP contribution in [0.3, 0.4) is 0 Å². The number of anilines is 1. The number of rotatable bonds is 2. The van der Waals surface area contributed by atoms with E-state index in [1.165, 1.54) is 6.33 Å². The normalized spacial score (nSPS) is 23.2. The number of fused-ring (bicyclic) bond motifs is 1. The van der Waals surface area contributed by atoms with E-state index in [0.29, 0.717) is 17.0 Å². The maximum Gasteiger partial charge on any atom is 0.255 e. The Morgan fingerprint density at radius 2 is 2.32 bits per heavy atom. The van der Waals surface area contributed by atoms with E-state index in [2.05, 4.69) is 26.9 Å². The minimum Gasteiger partial charge on any atom is -0.376 e. The summed E-state index contributed by atoms with van der Waals surface area (Å²) in [5.74, 6) is 1.44. The average molecular weight is 282 g/mol. The molecule has 102 valence electrons. The molecule has 1 saturated heterocycles. The summed E-state index contributed by atoms with van der Waals surface area (Å²) in [6.07, 6.45) is 2.67. The lowest BCUT2D eigenvalue weighted by Gasteiger charge is -2.30. The Kier molecular flexibility index (Phi) is 3.06. The van der Waals surface area contributed by atoms with E-state index in [4.69, 9.17) is 16.3 Å². The summed E-state index contributed by atoms with van der Waals surface area (Å²) in [5, 5.41) is 4.71. The van der Waals surface area contributed by atoms with Crippen molar-refractivity contribution in [3.63, 3.8) is 0 Å². The molecular formula is C12H16ClN5O. The van der Waals surface area contributed by atoms with E-state index in [1.54, 1.807) is 4.52 Å². The Bertz CT molecular complexity index is 613. The van der Waals surface area contributed by atoms with Crippen molar-refractivity contribution in [2.45, 2.75) is 32.4 Å². The predicted molar refractivity (Wildman–Crippen MR) is 72.8 cm³/mol. The van der Waals surface area contributed by atoms with Gasteiger partial charge in [-0.05, 0) is 20.3 Å². The van der Waals surface area contributed by atoms with Crippen LogP contribution >= 0.6 is 11.6 Å². The first kappa shape index (κ1) is 12.6. The number of halogens is 1. The quantitative estimate of drug-likeness (QED) is 0.784. The highest BCUT2D eigenvalue weighted by molar-refractivity contribution is 6.30. The lowest BCUT2D eigenvalue weighted by molar-refractivity contribution is 0.118. The molecule has 2 atom stereocenters. The van der Waals surface area contributed by atoms with Gasteiger partial charge in [0.15, 0.2) is 0 Å². The third-order valence-electron chi connectivity index (χ3n) is 3.74. The summed E-state index contributed by atoms with van der Waals surface area (Å²) < 4.78 is 7.36. The lowest BCUT2D eigenvalue weighted by Crippen LogP contribution is -2.38. The zero-order valence-electron chi connectivity index (χ0n) is 11.2. The van der Waals surface area contributed by atoms with Gasteiger partial charge in [0.2, 0.25) is 0 Å². The largest absolute Gasteiger partial charge is 0.376 e. The third-order valence-corrected chi connectivity index (χ3v) is 4.11. The van der Waals surface area contributed by atoms with E-state index in [-0.39, 0.29) is 6.10 Å². The molecular weight excluding hydrogens is 266 g/mol. The Hall–Kier alpha value is -1.40. The van der Waals surface area contributed by atoms with Crippen LogP contribution in [0.25, 0.3) is 5.78 Å². The Morgan fingerprint density at radius 1 is 1.53 bits per heavy atom. The van der Waals surface area contributed by atoms with Crippen LogP contribution in [0, 0.1) is 6.92 Å². The first-order chi connectivity index (χ1) is 9.09. The molecule has 6 nitrogen and oxygen atoms in total. The van der Waals surface area contributed by atoms with Gasteiger partial charge in [-0.3, -0.25) is 0 Å². The highest BCUT2D eigenvalue weighted by Gasteiger charge is 2.30. The van der Waals surface area contributed by atoms with Gasteiger partial charge in [-0.15, -0.1) is 0 Å². The summed E-state index contributed by atoms with van der Waals surface area (Å²) in [4.78, 5) is 10.5. The Morgan fingerprint density at radius 3 is 3.00 bits per heavy atom. The van der Waals surface area contributed by atoms with Crippen LogP contribution in [0.2, 0.25) is 5.15 Å². The highest BCUT2D eigenvalue weighted by atomic mass is 35.5. The zero-order chi connectivity index (χ0) is 13.6. The number of aromatic nitrogens is 4. The molecule has 0 amide bonds. The smallest absolute Gasteiger partial charge is 0.255 e. The second kappa shape index (κ2) is 4.61. The molecule has 1 aliphatic heterocycles. The fraction of sp³-hybridized carbons (Fsp3) is 0.583. The maximum absolute atomic E-state index is 6.19. The molecule has 0 radical (unpaired) electrons. The van der Waals surface area contributed by atoms with Crippen molar-refractivity contribution in [3.8, 4) is 0 Å². The Labute approximate surface area is 116 Å². The fourth-order valence-electron chi connectivity index (χ4n) is 2.68. The first-order valence-corrected chi connectivity index (χ1v) is 6.67. The average Bonchev–Trinajstić information content (AvgIpc) is 2.98. The van der Waals surface area contributed by atoms with E-state index in [1.807, 2.05) is 14.0 Å². The van der Waals surface area contributed by atoms with Crippen molar-refractivity contribution >= 4 is 23.2 Å². The molecule has 2 unspecified atom stereocenters.